The van der Waals surface area contributed by atoms with Crippen LogP contribution in [0.1, 0.15) is 18.8 Å². The van der Waals surface area contributed by atoms with Crippen LogP contribution in [0.3, 0.4) is 0 Å². The molecule has 29 heavy (non-hydrogen) atoms. The van der Waals surface area contributed by atoms with Gasteiger partial charge in [-0.15, -0.1) is 0 Å². The van der Waals surface area contributed by atoms with Gasteiger partial charge in [-0.1, -0.05) is 12.1 Å². The van der Waals surface area contributed by atoms with Gasteiger partial charge in [0, 0.05) is 26.2 Å². The molecule has 2 heterocycles. The van der Waals surface area contributed by atoms with Gasteiger partial charge in [-0.25, -0.2) is 17.8 Å². The van der Waals surface area contributed by atoms with Crippen LogP contribution in [0.25, 0.3) is 10.9 Å². The molecule has 1 aromatic heterocycles. The first kappa shape index (κ1) is 19.7. The van der Waals surface area contributed by atoms with E-state index in [0.29, 0.717) is 42.9 Å². The second-order valence-corrected chi connectivity index (χ2v) is 8.98. The number of benzene rings is 2. The number of aromatic nitrogens is 2. The predicted octanol–water partition coefficient (Wildman–Crippen LogP) is 2.13. The Bertz CT molecular complexity index is 1190. The molecule has 0 saturated carbocycles. The summed E-state index contributed by atoms with van der Waals surface area (Å²) in [4.78, 5) is 21.9. The number of piperazine rings is 1. The van der Waals surface area contributed by atoms with Gasteiger partial charge in [0.2, 0.25) is 10.0 Å². The molecule has 0 unspecified atom stereocenters. The van der Waals surface area contributed by atoms with E-state index >= 15 is 0 Å². The molecule has 4 rings (SSSR count). The van der Waals surface area contributed by atoms with Gasteiger partial charge in [-0.05, 0) is 43.3 Å². The zero-order valence-corrected chi connectivity index (χ0v) is 16.7. The predicted molar refractivity (Wildman–Crippen MR) is 108 cm³/mol. The van der Waals surface area contributed by atoms with Crippen LogP contribution in [0.5, 0.6) is 0 Å². The summed E-state index contributed by atoms with van der Waals surface area (Å²) in [5.74, 6) is 0.0861. The van der Waals surface area contributed by atoms with Crippen LogP contribution in [0.2, 0.25) is 0 Å². The highest BCUT2D eigenvalue weighted by Crippen LogP contribution is 2.23. The van der Waals surface area contributed by atoms with E-state index in [1.54, 1.807) is 18.2 Å². The number of sulfonamides is 1. The molecule has 2 aromatic carbocycles. The third-order valence-electron chi connectivity index (χ3n) is 5.30. The van der Waals surface area contributed by atoms with Gasteiger partial charge in [-0.2, -0.15) is 4.31 Å². The van der Waals surface area contributed by atoms with Crippen molar-refractivity contribution < 1.29 is 12.8 Å². The molecule has 0 aliphatic carbocycles. The van der Waals surface area contributed by atoms with E-state index in [0.717, 1.165) is 12.1 Å². The smallest absolute Gasteiger partial charge is 0.258 e. The number of hydrogen-bond donors (Lipinski definition) is 1. The number of rotatable bonds is 4. The number of para-hydroxylation sites is 1. The van der Waals surface area contributed by atoms with Crippen LogP contribution in [-0.2, 0) is 10.0 Å². The van der Waals surface area contributed by atoms with E-state index in [9.17, 15) is 17.6 Å². The number of nitrogens with one attached hydrogen (secondary N) is 1. The number of fused-ring (bicyclic) bond motifs is 1. The van der Waals surface area contributed by atoms with E-state index in [2.05, 4.69) is 14.9 Å². The minimum absolute atomic E-state index is 0.0842. The zero-order chi connectivity index (χ0) is 20.6. The number of H-pyrrole nitrogens is 1. The van der Waals surface area contributed by atoms with E-state index in [4.69, 9.17) is 0 Å². The summed E-state index contributed by atoms with van der Waals surface area (Å²) < 4.78 is 40.0. The van der Waals surface area contributed by atoms with Crippen LogP contribution >= 0.6 is 0 Å². The van der Waals surface area contributed by atoms with Crippen molar-refractivity contribution in [2.75, 3.05) is 26.2 Å². The van der Waals surface area contributed by atoms with Crippen molar-refractivity contribution in [2.45, 2.75) is 17.9 Å². The molecule has 0 spiro atoms. The zero-order valence-electron chi connectivity index (χ0n) is 15.9. The van der Waals surface area contributed by atoms with Crippen LogP contribution in [0.4, 0.5) is 4.39 Å². The first-order valence-electron chi connectivity index (χ1n) is 9.35. The summed E-state index contributed by atoms with van der Waals surface area (Å²) in [5.41, 5.74) is 0.450. The molecule has 1 aliphatic heterocycles. The van der Waals surface area contributed by atoms with Crippen molar-refractivity contribution in [3.8, 4) is 0 Å². The molecule has 1 saturated heterocycles. The average Bonchev–Trinajstić information content (AvgIpc) is 2.73. The minimum atomic E-state index is -3.66. The summed E-state index contributed by atoms with van der Waals surface area (Å²) in [7, 11) is -3.66. The fraction of sp³-hybridized carbons (Fsp3) is 0.300. The maximum atomic E-state index is 13.1. The molecule has 0 bridgehead atoms. The number of halogens is 1. The van der Waals surface area contributed by atoms with E-state index in [1.807, 2.05) is 13.0 Å². The number of hydrogen-bond acceptors (Lipinski definition) is 5. The topological polar surface area (TPSA) is 86.4 Å². The van der Waals surface area contributed by atoms with Gasteiger partial charge < -0.3 is 4.98 Å². The highest BCUT2D eigenvalue weighted by molar-refractivity contribution is 7.89. The third kappa shape index (κ3) is 3.81. The molecule has 1 N–H and O–H groups in total. The summed E-state index contributed by atoms with van der Waals surface area (Å²) in [5, 5.41) is 0.540. The Labute approximate surface area is 167 Å². The highest BCUT2D eigenvalue weighted by Gasteiger charge is 2.31. The normalized spacial score (nSPS) is 17.4. The van der Waals surface area contributed by atoms with Crippen molar-refractivity contribution in [2.24, 2.45) is 0 Å². The molecule has 9 heteroatoms. The molecule has 3 aromatic rings. The quantitative estimate of drug-likeness (QED) is 0.704. The standard InChI is InChI=1S/C20H21FN4O3S/c1-14(19-22-18-5-3-2-4-17(18)20(26)23-19)24-10-12-25(13-11-24)29(27,28)16-8-6-15(21)7-9-16/h2-9,14H,10-13H2,1H3,(H,22,23,26)/t14-/m0/s1. The van der Waals surface area contributed by atoms with Crippen LogP contribution in [0.15, 0.2) is 58.2 Å². The van der Waals surface area contributed by atoms with Gasteiger partial charge in [0.05, 0.1) is 21.8 Å². The molecule has 0 amide bonds. The fourth-order valence-electron chi connectivity index (χ4n) is 3.56. The lowest BCUT2D eigenvalue weighted by atomic mass is 10.2. The van der Waals surface area contributed by atoms with Crippen molar-refractivity contribution in [1.82, 2.24) is 19.2 Å². The van der Waals surface area contributed by atoms with E-state index in [1.165, 1.54) is 16.4 Å². The van der Waals surface area contributed by atoms with Gasteiger partial charge in [0.25, 0.3) is 5.56 Å². The molecule has 1 atom stereocenters. The Morgan fingerprint density at radius 3 is 2.38 bits per heavy atom. The van der Waals surface area contributed by atoms with E-state index < -0.39 is 15.8 Å². The maximum absolute atomic E-state index is 13.1. The first-order chi connectivity index (χ1) is 13.9. The Hall–Kier alpha value is -2.62. The largest absolute Gasteiger partial charge is 0.309 e. The highest BCUT2D eigenvalue weighted by atomic mass is 32.2. The second-order valence-electron chi connectivity index (χ2n) is 7.04. The molecule has 1 aliphatic rings. The van der Waals surface area contributed by atoms with Crippen molar-refractivity contribution in [3.63, 3.8) is 0 Å². The summed E-state index contributed by atoms with van der Waals surface area (Å²) in [6.45, 7) is 3.55. The van der Waals surface area contributed by atoms with Crippen molar-refractivity contribution >= 4 is 20.9 Å². The molecule has 152 valence electrons. The molecule has 1 fully saturated rings. The molecular formula is C20H21FN4O3S. The number of nitrogens with zero attached hydrogens (tertiary/aromatic N) is 3. The average molecular weight is 416 g/mol. The van der Waals surface area contributed by atoms with Crippen LogP contribution in [-0.4, -0.2) is 53.8 Å². The van der Waals surface area contributed by atoms with Crippen LogP contribution < -0.4 is 5.56 Å². The molecular weight excluding hydrogens is 395 g/mol. The molecule has 7 nitrogen and oxygen atoms in total. The number of aromatic amines is 1. The monoisotopic (exact) mass is 416 g/mol. The maximum Gasteiger partial charge on any atom is 0.258 e. The lowest BCUT2D eigenvalue weighted by Crippen LogP contribution is -2.49. The second kappa shape index (κ2) is 7.66. The van der Waals surface area contributed by atoms with Gasteiger partial charge in [-0.3, -0.25) is 9.69 Å². The third-order valence-corrected chi connectivity index (χ3v) is 7.21. The van der Waals surface area contributed by atoms with Gasteiger partial charge in [0.1, 0.15) is 11.6 Å². The Morgan fingerprint density at radius 2 is 1.69 bits per heavy atom. The minimum Gasteiger partial charge on any atom is -0.309 e. The molecule has 0 radical (unpaired) electrons. The van der Waals surface area contributed by atoms with Gasteiger partial charge in [0.15, 0.2) is 0 Å². The lowest BCUT2D eigenvalue weighted by Gasteiger charge is -2.36. The fourth-order valence-corrected chi connectivity index (χ4v) is 4.98. The Morgan fingerprint density at radius 1 is 1.03 bits per heavy atom. The first-order valence-corrected chi connectivity index (χ1v) is 10.8. The summed E-state index contributed by atoms with van der Waals surface area (Å²) >= 11 is 0. The van der Waals surface area contributed by atoms with Crippen molar-refractivity contribution in [1.29, 1.82) is 0 Å². The van der Waals surface area contributed by atoms with Crippen LogP contribution in [0, 0.1) is 5.82 Å². The van der Waals surface area contributed by atoms with Crippen molar-refractivity contribution in [3.05, 3.63) is 70.5 Å². The SMILES string of the molecule is C[C@@H](c1nc2ccccc2c(=O)[nH]1)N1CCN(S(=O)(=O)c2ccc(F)cc2)CC1. The van der Waals surface area contributed by atoms with Gasteiger partial charge >= 0.3 is 0 Å². The lowest BCUT2D eigenvalue weighted by molar-refractivity contribution is 0.141. The summed E-state index contributed by atoms with van der Waals surface area (Å²) in [6, 6.07) is 11.9. The Kier molecular flexibility index (Phi) is 5.20. The Balaban J connectivity index is 1.49. The van der Waals surface area contributed by atoms with E-state index in [-0.39, 0.29) is 16.5 Å². The summed E-state index contributed by atoms with van der Waals surface area (Å²) in [6.07, 6.45) is 0.